The Bertz CT molecular complexity index is 989. The first-order valence-electron chi connectivity index (χ1n) is 8.56. The van der Waals surface area contributed by atoms with Crippen LogP contribution in [0.2, 0.25) is 0 Å². The van der Waals surface area contributed by atoms with E-state index in [-0.39, 0.29) is 18.4 Å². The van der Waals surface area contributed by atoms with Gasteiger partial charge in [0.05, 0.1) is 12.0 Å². The Hall–Kier alpha value is -2.50. The fourth-order valence-electron chi connectivity index (χ4n) is 2.34. The van der Waals surface area contributed by atoms with Gasteiger partial charge in [-0.15, -0.1) is 10.2 Å². The Kier molecular flexibility index (Phi) is 6.83. The van der Waals surface area contributed by atoms with Gasteiger partial charge in [-0.3, -0.25) is 19.8 Å². The summed E-state index contributed by atoms with van der Waals surface area (Å²) in [6.07, 6.45) is 2.50. The highest BCUT2D eigenvalue weighted by Crippen LogP contribution is 2.34. The maximum Gasteiger partial charge on any atom is 0.265 e. The van der Waals surface area contributed by atoms with E-state index < -0.39 is 0 Å². The van der Waals surface area contributed by atoms with Crippen molar-refractivity contribution in [3.63, 3.8) is 0 Å². The molecule has 0 aliphatic carbocycles. The van der Waals surface area contributed by atoms with E-state index in [1.165, 1.54) is 35.1 Å². The zero-order chi connectivity index (χ0) is 21.0. The minimum absolute atomic E-state index is 0.140. The van der Waals surface area contributed by atoms with Gasteiger partial charge >= 0.3 is 0 Å². The number of nitrogens with zero attached hydrogens (tertiary/aromatic N) is 3. The number of thioether (sulfide) groups is 1. The Morgan fingerprint density at radius 3 is 2.76 bits per heavy atom. The zero-order valence-electron chi connectivity index (χ0n) is 15.9. The number of hydrogen-bond acceptors (Lipinski definition) is 9. The topological polar surface area (TPSA) is 93.6 Å². The quantitative estimate of drug-likeness (QED) is 0.508. The van der Waals surface area contributed by atoms with Crippen molar-refractivity contribution in [2.75, 3.05) is 26.1 Å². The summed E-state index contributed by atoms with van der Waals surface area (Å²) in [7, 11) is 3.15. The second-order valence-corrected chi connectivity index (χ2v) is 8.58. The Morgan fingerprint density at radius 1 is 1.34 bits per heavy atom. The summed E-state index contributed by atoms with van der Waals surface area (Å²) in [5, 5.41) is 11.8. The van der Waals surface area contributed by atoms with Crippen molar-refractivity contribution in [3.8, 4) is 11.5 Å². The first-order valence-corrected chi connectivity index (χ1v) is 10.6. The minimum Gasteiger partial charge on any atom is -0.493 e. The number of methoxy groups -OCH3 is 1. The molecule has 152 valence electrons. The van der Waals surface area contributed by atoms with E-state index in [1.54, 1.807) is 31.3 Å². The zero-order valence-corrected chi connectivity index (χ0v) is 18.4. The Morgan fingerprint density at radius 2 is 2.14 bits per heavy atom. The van der Waals surface area contributed by atoms with Gasteiger partial charge in [-0.2, -0.15) is 0 Å². The van der Waals surface area contributed by atoms with Crippen molar-refractivity contribution in [2.45, 2.75) is 13.3 Å². The lowest BCUT2D eigenvalue weighted by Crippen LogP contribution is -2.22. The molecular weight excluding hydrogens is 432 g/mol. The van der Waals surface area contributed by atoms with Crippen LogP contribution in [0, 0.1) is 0 Å². The largest absolute Gasteiger partial charge is 0.493 e. The fraction of sp³-hybridized carbons (Fsp3) is 0.278. The van der Waals surface area contributed by atoms with Gasteiger partial charge in [0.1, 0.15) is 9.33 Å². The maximum atomic E-state index is 12.1. The standard InChI is InChI=1S/C18H18N4O4S3/c1-4-15-20-21-17(29-15)19-14(23)9-26-11-6-5-10(7-12(11)25-3)8-13-16(24)22(2)18(27)28-13/h5-8H,4,9H2,1-3H3,(H,19,21,23)/b13-8-. The number of nitrogens with one attached hydrogen (secondary N) is 1. The van der Waals surface area contributed by atoms with Gasteiger partial charge < -0.3 is 9.47 Å². The summed E-state index contributed by atoms with van der Waals surface area (Å²) >= 11 is 7.70. The molecule has 1 fully saturated rings. The lowest BCUT2D eigenvalue weighted by Gasteiger charge is -2.11. The first-order chi connectivity index (χ1) is 13.9. The second-order valence-electron chi connectivity index (χ2n) is 5.84. The van der Waals surface area contributed by atoms with Crippen molar-refractivity contribution >= 4 is 62.7 Å². The Balaban J connectivity index is 1.65. The molecule has 8 nitrogen and oxygen atoms in total. The normalized spacial score (nSPS) is 15.1. The summed E-state index contributed by atoms with van der Waals surface area (Å²) in [6.45, 7) is 1.76. The number of anilines is 1. The Labute approximate surface area is 181 Å². The van der Waals surface area contributed by atoms with Crippen LogP contribution in [0.25, 0.3) is 6.08 Å². The van der Waals surface area contributed by atoms with Gasteiger partial charge in [-0.1, -0.05) is 48.3 Å². The highest BCUT2D eigenvalue weighted by atomic mass is 32.2. The molecule has 2 heterocycles. The van der Waals surface area contributed by atoms with E-state index in [2.05, 4.69) is 15.5 Å². The molecule has 2 aromatic rings. The van der Waals surface area contributed by atoms with E-state index in [0.29, 0.717) is 25.9 Å². The van der Waals surface area contributed by atoms with Crippen molar-refractivity contribution in [1.29, 1.82) is 0 Å². The lowest BCUT2D eigenvalue weighted by molar-refractivity contribution is -0.121. The van der Waals surface area contributed by atoms with E-state index in [1.807, 2.05) is 6.92 Å². The molecule has 2 amide bonds. The fourth-order valence-corrected chi connectivity index (χ4v) is 4.21. The number of aryl methyl sites for hydroxylation is 1. The van der Waals surface area contributed by atoms with Crippen LogP contribution in [0.4, 0.5) is 5.13 Å². The number of hydrogen-bond donors (Lipinski definition) is 1. The van der Waals surface area contributed by atoms with Crippen molar-refractivity contribution in [1.82, 2.24) is 15.1 Å². The number of likely N-dealkylation sites (N-methyl/N-ethyl adjacent to an activating group) is 1. The minimum atomic E-state index is -0.346. The number of amides is 2. The third-order valence-corrected chi connectivity index (χ3v) is 6.31. The summed E-state index contributed by atoms with van der Waals surface area (Å²) in [5.41, 5.74) is 0.758. The third-order valence-electron chi connectivity index (χ3n) is 3.85. The molecule has 1 aromatic carbocycles. The van der Waals surface area contributed by atoms with Gasteiger partial charge in [0.15, 0.2) is 18.1 Å². The molecule has 1 aliphatic heterocycles. The van der Waals surface area contributed by atoms with Crippen LogP contribution in [0.1, 0.15) is 17.5 Å². The number of thiocarbonyl (C=S) groups is 1. The number of benzene rings is 1. The van der Waals surface area contributed by atoms with Crippen molar-refractivity contribution in [2.24, 2.45) is 0 Å². The molecular formula is C18H18N4O4S3. The maximum absolute atomic E-state index is 12.1. The highest BCUT2D eigenvalue weighted by molar-refractivity contribution is 8.26. The average Bonchev–Trinajstić information content (AvgIpc) is 3.26. The molecule has 0 saturated carbocycles. The molecule has 29 heavy (non-hydrogen) atoms. The van der Waals surface area contributed by atoms with Gasteiger partial charge in [-0.05, 0) is 30.2 Å². The van der Waals surface area contributed by atoms with Gasteiger partial charge in [-0.25, -0.2) is 0 Å². The van der Waals surface area contributed by atoms with Crippen LogP contribution in [0.5, 0.6) is 11.5 Å². The molecule has 0 atom stereocenters. The summed E-state index contributed by atoms with van der Waals surface area (Å²) < 4.78 is 11.4. The van der Waals surface area contributed by atoms with E-state index in [9.17, 15) is 9.59 Å². The van der Waals surface area contributed by atoms with Crippen LogP contribution in [-0.2, 0) is 16.0 Å². The van der Waals surface area contributed by atoms with Crippen LogP contribution >= 0.6 is 35.3 Å². The highest BCUT2D eigenvalue weighted by Gasteiger charge is 2.28. The first kappa shape index (κ1) is 21.2. The summed E-state index contributed by atoms with van der Waals surface area (Å²) in [4.78, 5) is 26.2. The van der Waals surface area contributed by atoms with Gasteiger partial charge in [0, 0.05) is 7.05 Å². The molecule has 1 N–H and O–H groups in total. The van der Waals surface area contributed by atoms with Gasteiger partial charge in [0.25, 0.3) is 11.8 Å². The van der Waals surface area contributed by atoms with E-state index in [0.717, 1.165) is 17.0 Å². The molecule has 1 aromatic heterocycles. The predicted octanol–water partition coefficient (Wildman–Crippen LogP) is 2.96. The molecule has 0 unspecified atom stereocenters. The number of ether oxygens (including phenoxy) is 2. The molecule has 1 aliphatic rings. The number of rotatable bonds is 7. The SMILES string of the molecule is CCc1nnc(NC(=O)COc2ccc(/C=C3\SC(=S)N(C)C3=O)cc2OC)s1. The van der Waals surface area contributed by atoms with Crippen LogP contribution in [-0.4, -0.2) is 52.0 Å². The van der Waals surface area contributed by atoms with Crippen LogP contribution in [0.15, 0.2) is 23.1 Å². The van der Waals surface area contributed by atoms with Crippen molar-refractivity contribution < 1.29 is 19.1 Å². The molecule has 0 spiro atoms. The van der Waals surface area contributed by atoms with E-state index >= 15 is 0 Å². The number of carbonyl (C=O) groups is 2. The van der Waals surface area contributed by atoms with Crippen LogP contribution in [0.3, 0.4) is 0 Å². The second kappa shape index (κ2) is 9.33. The molecule has 11 heteroatoms. The monoisotopic (exact) mass is 450 g/mol. The lowest BCUT2D eigenvalue weighted by atomic mass is 10.2. The molecule has 3 rings (SSSR count). The van der Waals surface area contributed by atoms with Gasteiger partial charge in [0.2, 0.25) is 5.13 Å². The molecule has 0 radical (unpaired) electrons. The molecule has 1 saturated heterocycles. The number of carbonyl (C=O) groups excluding carboxylic acids is 2. The summed E-state index contributed by atoms with van der Waals surface area (Å²) in [5.74, 6) is 0.373. The summed E-state index contributed by atoms with van der Waals surface area (Å²) in [6, 6.07) is 5.19. The van der Waals surface area contributed by atoms with Crippen LogP contribution < -0.4 is 14.8 Å². The average molecular weight is 451 g/mol. The van der Waals surface area contributed by atoms with E-state index in [4.69, 9.17) is 21.7 Å². The predicted molar refractivity (Wildman–Crippen MR) is 117 cm³/mol. The smallest absolute Gasteiger partial charge is 0.265 e. The number of aromatic nitrogens is 2. The van der Waals surface area contributed by atoms with Crippen molar-refractivity contribution in [3.05, 3.63) is 33.7 Å². The molecule has 0 bridgehead atoms. The third kappa shape index (κ3) is 5.11.